The summed E-state index contributed by atoms with van der Waals surface area (Å²) in [5.74, 6) is 0.180. The van der Waals surface area contributed by atoms with Gasteiger partial charge in [-0.15, -0.1) is 12.6 Å². The first-order chi connectivity index (χ1) is 7.19. The Labute approximate surface area is 96.5 Å². The molecule has 2 nitrogen and oxygen atoms in total. The highest BCUT2D eigenvalue weighted by atomic mass is 32.1. The van der Waals surface area contributed by atoms with Gasteiger partial charge in [0, 0.05) is 10.8 Å². The number of benzene rings is 1. The molecule has 1 N–H and O–H groups in total. The Balaban J connectivity index is 2.70. The zero-order chi connectivity index (χ0) is 11.3. The van der Waals surface area contributed by atoms with Crippen molar-refractivity contribution in [2.75, 3.05) is 5.32 Å². The van der Waals surface area contributed by atoms with Crippen molar-refractivity contribution in [3.63, 3.8) is 0 Å². The van der Waals surface area contributed by atoms with E-state index in [0.717, 1.165) is 23.4 Å². The molecule has 0 spiro atoms. The summed E-state index contributed by atoms with van der Waals surface area (Å²) < 4.78 is 0. The number of amides is 1. The molecule has 3 heteroatoms. The molecule has 0 radical (unpaired) electrons. The van der Waals surface area contributed by atoms with Gasteiger partial charge in [0.05, 0.1) is 5.69 Å². The monoisotopic (exact) mass is 223 g/mol. The number of nitrogens with one attached hydrogen (secondary N) is 1. The van der Waals surface area contributed by atoms with Crippen molar-refractivity contribution in [2.24, 2.45) is 5.92 Å². The first kappa shape index (κ1) is 12.1. The second-order valence-corrected chi connectivity index (χ2v) is 4.00. The topological polar surface area (TPSA) is 29.1 Å². The molecule has 1 amide bonds. The highest BCUT2D eigenvalue weighted by Gasteiger charge is 2.14. The molecule has 0 aliphatic heterocycles. The molecule has 0 bridgehead atoms. The summed E-state index contributed by atoms with van der Waals surface area (Å²) in [5, 5.41) is 2.90. The van der Waals surface area contributed by atoms with Crippen LogP contribution in [-0.2, 0) is 4.79 Å². The number of carbonyl (C=O) groups is 1. The van der Waals surface area contributed by atoms with Gasteiger partial charge in [0.25, 0.3) is 0 Å². The summed E-state index contributed by atoms with van der Waals surface area (Å²) in [5.41, 5.74) is 0.790. The molecule has 1 aromatic rings. The molecular formula is C12H17NOS. The minimum atomic E-state index is 0.0847. The molecule has 0 fully saturated rings. The highest BCUT2D eigenvalue weighted by Crippen LogP contribution is 2.20. The molecule has 0 saturated heterocycles. The molecule has 15 heavy (non-hydrogen) atoms. The van der Waals surface area contributed by atoms with Gasteiger partial charge in [0.15, 0.2) is 0 Å². The zero-order valence-electron chi connectivity index (χ0n) is 9.16. The fourth-order valence-electron chi connectivity index (χ4n) is 1.47. The lowest BCUT2D eigenvalue weighted by Crippen LogP contribution is -2.21. The van der Waals surface area contributed by atoms with Crippen molar-refractivity contribution < 1.29 is 4.79 Å². The molecule has 1 aromatic carbocycles. The van der Waals surface area contributed by atoms with E-state index in [1.54, 1.807) is 0 Å². The van der Waals surface area contributed by atoms with E-state index in [9.17, 15) is 4.79 Å². The second kappa shape index (κ2) is 5.81. The van der Waals surface area contributed by atoms with Gasteiger partial charge in [-0.1, -0.05) is 26.0 Å². The van der Waals surface area contributed by atoms with Crippen molar-refractivity contribution in [1.82, 2.24) is 0 Å². The van der Waals surface area contributed by atoms with Crippen LogP contribution in [0, 0.1) is 5.92 Å². The average Bonchev–Trinajstić information content (AvgIpc) is 2.23. The van der Waals surface area contributed by atoms with E-state index in [1.807, 2.05) is 38.1 Å². The number of para-hydroxylation sites is 1. The van der Waals surface area contributed by atoms with Crippen LogP contribution >= 0.6 is 12.6 Å². The standard InChI is InChI=1S/C12H17NOS/c1-3-9(4-2)12(14)13-10-7-5-6-8-11(10)15/h5-9,15H,3-4H2,1-2H3,(H,13,14). The summed E-state index contributed by atoms with van der Waals surface area (Å²) in [6, 6.07) is 7.52. The van der Waals surface area contributed by atoms with E-state index in [2.05, 4.69) is 17.9 Å². The molecule has 82 valence electrons. The summed E-state index contributed by atoms with van der Waals surface area (Å²) in [4.78, 5) is 12.6. The van der Waals surface area contributed by atoms with Gasteiger partial charge in [-0.3, -0.25) is 4.79 Å². The third-order valence-corrected chi connectivity index (χ3v) is 2.91. The van der Waals surface area contributed by atoms with Crippen LogP contribution in [0.2, 0.25) is 0 Å². The maximum Gasteiger partial charge on any atom is 0.227 e. The van der Waals surface area contributed by atoms with Crippen LogP contribution in [0.5, 0.6) is 0 Å². The quantitative estimate of drug-likeness (QED) is 0.753. The Morgan fingerprint density at radius 3 is 2.47 bits per heavy atom. The van der Waals surface area contributed by atoms with E-state index in [4.69, 9.17) is 0 Å². The largest absolute Gasteiger partial charge is 0.325 e. The van der Waals surface area contributed by atoms with E-state index in [0.29, 0.717) is 0 Å². The highest BCUT2D eigenvalue weighted by molar-refractivity contribution is 7.80. The van der Waals surface area contributed by atoms with E-state index in [1.165, 1.54) is 0 Å². The van der Waals surface area contributed by atoms with Crippen LogP contribution in [0.1, 0.15) is 26.7 Å². The number of anilines is 1. The van der Waals surface area contributed by atoms with Gasteiger partial charge in [-0.2, -0.15) is 0 Å². The lowest BCUT2D eigenvalue weighted by atomic mass is 10.0. The van der Waals surface area contributed by atoms with Crippen molar-refractivity contribution >= 4 is 24.2 Å². The maximum absolute atomic E-state index is 11.8. The Morgan fingerprint density at radius 2 is 1.93 bits per heavy atom. The van der Waals surface area contributed by atoms with Crippen LogP contribution < -0.4 is 5.32 Å². The Bertz CT molecular complexity index is 334. The minimum Gasteiger partial charge on any atom is -0.325 e. The summed E-state index contributed by atoms with van der Waals surface area (Å²) in [7, 11) is 0. The predicted molar refractivity (Wildman–Crippen MR) is 66.4 cm³/mol. The smallest absolute Gasteiger partial charge is 0.227 e. The fraction of sp³-hybridized carbons (Fsp3) is 0.417. The summed E-state index contributed by atoms with van der Waals surface area (Å²) >= 11 is 4.28. The van der Waals surface area contributed by atoms with Crippen molar-refractivity contribution in [3.05, 3.63) is 24.3 Å². The number of hydrogen-bond donors (Lipinski definition) is 2. The first-order valence-electron chi connectivity index (χ1n) is 5.27. The number of hydrogen-bond acceptors (Lipinski definition) is 2. The number of rotatable bonds is 4. The Morgan fingerprint density at radius 1 is 1.33 bits per heavy atom. The van der Waals surface area contributed by atoms with Gasteiger partial charge in [0.1, 0.15) is 0 Å². The van der Waals surface area contributed by atoms with Gasteiger partial charge in [0.2, 0.25) is 5.91 Å². The average molecular weight is 223 g/mol. The normalized spacial score (nSPS) is 10.4. The fourth-order valence-corrected chi connectivity index (χ4v) is 1.69. The molecule has 1 rings (SSSR count). The first-order valence-corrected chi connectivity index (χ1v) is 5.72. The molecule has 0 aliphatic rings. The van der Waals surface area contributed by atoms with Crippen LogP contribution in [0.4, 0.5) is 5.69 Å². The minimum absolute atomic E-state index is 0.0847. The third-order valence-electron chi connectivity index (χ3n) is 2.52. The van der Waals surface area contributed by atoms with Crippen LogP contribution in [0.15, 0.2) is 29.2 Å². The van der Waals surface area contributed by atoms with E-state index < -0.39 is 0 Å². The van der Waals surface area contributed by atoms with Crippen molar-refractivity contribution in [1.29, 1.82) is 0 Å². The van der Waals surface area contributed by atoms with Crippen LogP contribution in [0.3, 0.4) is 0 Å². The SMILES string of the molecule is CCC(CC)C(=O)Nc1ccccc1S. The van der Waals surface area contributed by atoms with Gasteiger partial charge in [-0.25, -0.2) is 0 Å². The third kappa shape index (κ3) is 3.27. The van der Waals surface area contributed by atoms with Crippen LogP contribution in [0.25, 0.3) is 0 Å². The second-order valence-electron chi connectivity index (χ2n) is 3.52. The molecule has 0 saturated carbocycles. The van der Waals surface area contributed by atoms with Crippen LogP contribution in [-0.4, -0.2) is 5.91 Å². The molecule has 0 aromatic heterocycles. The van der Waals surface area contributed by atoms with Crippen molar-refractivity contribution in [2.45, 2.75) is 31.6 Å². The maximum atomic E-state index is 11.8. The molecule has 0 aliphatic carbocycles. The Hall–Kier alpha value is -0.960. The molecule has 0 heterocycles. The van der Waals surface area contributed by atoms with E-state index >= 15 is 0 Å². The van der Waals surface area contributed by atoms with Gasteiger partial charge in [-0.05, 0) is 25.0 Å². The van der Waals surface area contributed by atoms with Crippen molar-refractivity contribution in [3.8, 4) is 0 Å². The Kier molecular flexibility index (Phi) is 4.69. The van der Waals surface area contributed by atoms with Gasteiger partial charge >= 0.3 is 0 Å². The summed E-state index contributed by atoms with van der Waals surface area (Å²) in [6.45, 7) is 4.06. The lowest BCUT2D eigenvalue weighted by molar-refractivity contribution is -0.120. The molecular weight excluding hydrogens is 206 g/mol. The number of thiol groups is 1. The molecule has 0 unspecified atom stereocenters. The summed E-state index contributed by atoms with van der Waals surface area (Å²) in [6.07, 6.45) is 1.74. The zero-order valence-corrected chi connectivity index (χ0v) is 10.1. The lowest BCUT2D eigenvalue weighted by Gasteiger charge is -2.13. The number of carbonyl (C=O) groups excluding carboxylic acids is 1. The molecule has 0 atom stereocenters. The van der Waals surface area contributed by atoms with E-state index in [-0.39, 0.29) is 11.8 Å². The van der Waals surface area contributed by atoms with Gasteiger partial charge < -0.3 is 5.32 Å². The predicted octanol–water partition coefficient (Wildman–Crippen LogP) is 3.35.